The molecule has 120 valence electrons. The third kappa shape index (κ3) is 3.55. The van der Waals surface area contributed by atoms with Gasteiger partial charge in [0, 0.05) is 0 Å². The second-order valence-electron chi connectivity index (χ2n) is 5.24. The quantitative estimate of drug-likeness (QED) is 0.526. The van der Waals surface area contributed by atoms with Crippen molar-refractivity contribution in [3.63, 3.8) is 0 Å². The third-order valence-electron chi connectivity index (χ3n) is 3.67. The Morgan fingerprint density at radius 2 is 1.29 bits per heavy atom. The highest BCUT2D eigenvalue weighted by Gasteiger charge is 2.22. The summed E-state index contributed by atoms with van der Waals surface area (Å²) in [6.45, 7) is 2.21. The zero-order chi connectivity index (χ0) is 16.8. The highest BCUT2D eigenvalue weighted by Crippen LogP contribution is 2.34. The molecule has 0 aromatic heterocycles. The Morgan fingerprint density at radius 3 is 1.83 bits per heavy atom. The fourth-order valence-electron chi connectivity index (χ4n) is 2.63. The van der Waals surface area contributed by atoms with Crippen molar-refractivity contribution in [1.29, 1.82) is 0 Å². The Labute approximate surface area is 143 Å². The van der Waals surface area contributed by atoms with Crippen LogP contribution in [0.5, 0.6) is 0 Å². The van der Waals surface area contributed by atoms with Crippen LogP contribution in [0.2, 0.25) is 0 Å². The normalized spacial score (nSPS) is 10.6. The molecule has 0 saturated carbocycles. The Balaban J connectivity index is 2.16. The van der Waals surface area contributed by atoms with Crippen LogP contribution in [-0.2, 0) is 4.74 Å². The number of esters is 1. The number of rotatable bonds is 5. The van der Waals surface area contributed by atoms with Crippen molar-refractivity contribution in [3.8, 4) is 0 Å². The largest absolute Gasteiger partial charge is 0.462 e. The van der Waals surface area contributed by atoms with Crippen molar-refractivity contribution in [2.75, 3.05) is 6.61 Å². The van der Waals surface area contributed by atoms with Crippen LogP contribution < -0.4 is 15.9 Å². The zero-order valence-corrected chi connectivity index (χ0v) is 14.4. The molecule has 0 N–H and O–H groups in total. The van der Waals surface area contributed by atoms with Crippen LogP contribution in [0, 0.1) is 0 Å². The van der Waals surface area contributed by atoms with Gasteiger partial charge in [-0.3, -0.25) is 0 Å². The maximum absolute atomic E-state index is 12.4. The summed E-state index contributed by atoms with van der Waals surface area (Å²) in [5, 5.41) is 3.47. The van der Waals surface area contributed by atoms with Crippen molar-refractivity contribution in [3.05, 3.63) is 90.5 Å². The van der Waals surface area contributed by atoms with Crippen LogP contribution in [0.25, 0.3) is 0 Å². The van der Waals surface area contributed by atoms with E-state index < -0.39 is 7.92 Å². The number of ether oxygens (including phenoxy) is 1. The maximum atomic E-state index is 12.4. The first-order valence-corrected chi connectivity index (χ1v) is 9.32. The predicted molar refractivity (Wildman–Crippen MR) is 101 cm³/mol. The molecule has 0 aliphatic carbocycles. The molecule has 3 aromatic carbocycles. The Kier molecular flexibility index (Phi) is 5.40. The van der Waals surface area contributed by atoms with Gasteiger partial charge in [0.05, 0.1) is 12.2 Å². The van der Waals surface area contributed by atoms with Crippen molar-refractivity contribution in [2.24, 2.45) is 0 Å². The number of benzene rings is 3. The average Bonchev–Trinajstić information content (AvgIpc) is 2.64. The van der Waals surface area contributed by atoms with Crippen LogP contribution in [0.3, 0.4) is 0 Å². The minimum Gasteiger partial charge on any atom is -0.462 e. The Bertz CT molecular complexity index is 761. The molecular weight excluding hydrogens is 315 g/mol. The van der Waals surface area contributed by atoms with Gasteiger partial charge in [0.15, 0.2) is 0 Å². The molecule has 0 atom stereocenters. The third-order valence-corrected chi connectivity index (χ3v) is 6.17. The molecule has 0 amide bonds. The van der Waals surface area contributed by atoms with Crippen LogP contribution in [0.15, 0.2) is 84.9 Å². The number of hydrogen-bond acceptors (Lipinski definition) is 2. The van der Waals surface area contributed by atoms with Crippen LogP contribution >= 0.6 is 7.92 Å². The molecule has 0 saturated heterocycles. The molecule has 0 bridgehead atoms. The standard InChI is InChI=1S/C21H19O2P/c1-2-23-21(22)19-15-9-10-16-20(19)24(17-11-5-3-6-12-17)18-13-7-4-8-14-18/h3-16H,2H2,1H3. The van der Waals surface area contributed by atoms with Crippen molar-refractivity contribution >= 4 is 29.8 Å². The van der Waals surface area contributed by atoms with Gasteiger partial charge in [0.25, 0.3) is 0 Å². The average molecular weight is 334 g/mol. The summed E-state index contributed by atoms with van der Waals surface area (Å²) in [5.41, 5.74) is 0.651. The van der Waals surface area contributed by atoms with E-state index in [1.165, 1.54) is 10.6 Å². The topological polar surface area (TPSA) is 26.3 Å². The Hall–Kier alpha value is -2.44. The molecule has 0 radical (unpaired) electrons. The lowest BCUT2D eigenvalue weighted by Crippen LogP contribution is -2.25. The van der Waals surface area contributed by atoms with Gasteiger partial charge in [0.1, 0.15) is 0 Å². The van der Waals surface area contributed by atoms with Gasteiger partial charge in [-0.15, -0.1) is 0 Å². The van der Waals surface area contributed by atoms with Crippen molar-refractivity contribution in [2.45, 2.75) is 6.92 Å². The van der Waals surface area contributed by atoms with E-state index in [0.29, 0.717) is 12.2 Å². The molecule has 3 rings (SSSR count). The second kappa shape index (κ2) is 7.90. The zero-order valence-electron chi connectivity index (χ0n) is 13.6. The van der Waals surface area contributed by atoms with E-state index in [0.717, 1.165) is 5.30 Å². The summed E-state index contributed by atoms with van der Waals surface area (Å²) < 4.78 is 5.26. The van der Waals surface area contributed by atoms with E-state index in [2.05, 4.69) is 24.3 Å². The van der Waals surface area contributed by atoms with Gasteiger partial charge in [0.2, 0.25) is 0 Å². The first kappa shape index (κ1) is 16.4. The summed E-state index contributed by atoms with van der Waals surface area (Å²) >= 11 is 0. The van der Waals surface area contributed by atoms with Crippen LogP contribution in [-0.4, -0.2) is 12.6 Å². The maximum Gasteiger partial charge on any atom is 0.338 e. The summed E-state index contributed by atoms with van der Waals surface area (Å²) in [7, 11) is -0.811. The van der Waals surface area contributed by atoms with Gasteiger partial charge >= 0.3 is 5.97 Å². The minimum absolute atomic E-state index is 0.257. The molecule has 0 heterocycles. The first-order valence-electron chi connectivity index (χ1n) is 7.97. The van der Waals surface area contributed by atoms with Crippen LogP contribution in [0.1, 0.15) is 17.3 Å². The summed E-state index contributed by atoms with van der Waals surface area (Å²) in [5.74, 6) is -0.257. The lowest BCUT2D eigenvalue weighted by Gasteiger charge is -2.21. The smallest absolute Gasteiger partial charge is 0.338 e. The van der Waals surface area contributed by atoms with Gasteiger partial charge in [-0.1, -0.05) is 78.9 Å². The number of carbonyl (C=O) groups excluding carboxylic acids is 1. The van der Waals surface area contributed by atoms with Gasteiger partial charge in [-0.25, -0.2) is 4.79 Å². The van der Waals surface area contributed by atoms with Crippen molar-refractivity contribution < 1.29 is 9.53 Å². The fraction of sp³-hybridized carbons (Fsp3) is 0.0952. The second-order valence-corrected chi connectivity index (χ2v) is 7.43. The van der Waals surface area contributed by atoms with Gasteiger partial charge in [-0.05, 0) is 36.8 Å². The highest BCUT2D eigenvalue weighted by molar-refractivity contribution is 7.80. The SMILES string of the molecule is CCOC(=O)c1ccccc1P(c1ccccc1)c1ccccc1. The molecular formula is C21H19O2P. The number of hydrogen-bond donors (Lipinski definition) is 0. The summed E-state index contributed by atoms with van der Waals surface area (Å²) in [6, 6.07) is 28.5. The van der Waals surface area contributed by atoms with Gasteiger partial charge in [-0.2, -0.15) is 0 Å². The molecule has 0 fully saturated rings. The molecule has 0 unspecified atom stereocenters. The predicted octanol–water partition coefficient (Wildman–Crippen LogP) is 3.62. The first-order chi connectivity index (χ1) is 11.8. The van der Waals surface area contributed by atoms with E-state index in [9.17, 15) is 4.79 Å². The summed E-state index contributed by atoms with van der Waals surface area (Å²) in [4.78, 5) is 12.4. The lowest BCUT2D eigenvalue weighted by atomic mass is 10.2. The van der Waals surface area contributed by atoms with E-state index in [1.807, 2.05) is 67.6 Å². The van der Waals surface area contributed by atoms with Crippen LogP contribution in [0.4, 0.5) is 0 Å². The molecule has 0 aliphatic rings. The highest BCUT2D eigenvalue weighted by atomic mass is 31.1. The molecule has 0 aliphatic heterocycles. The molecule has 3 heteroatoms. The fourth-order valence-corrected chi connectivity index (χ4v) is 5.07. The minimum atomic E-state index is -0.811. The molecule has 2 nitrogen and oxygen atoms in total. The molecule has 3 aromatic rings. The molecule has 24 heavy (non-hydrogen) atoms. The van der Waals surface area contributed by atoms with E-state index >= 15 is 0 Å². The van der Waals surface area contributed by atoms with E-state index in [-0.39, 0.29) is 5.97 Å². The van der Waals surface area contributed by atoms with E-state index in [4.69, 9.17) is 4.74 Å². The monoisotopic (exact) mass is 334 g/mol. The number of carbonyl (C=O) groups is 1. The Morgan fingerprint density at radius 1 is 0.792 bits per heavy atom. The van der Waals surface area contributed by atoms with Crippen molar-refractivity contribution in [1.82, 2.24) is 0 Å². The van der Waals surface area contributed by atoms with E-state index in [1.54, 1.807) is 0 Å². The summed E-state index contributed by atoms with van der Waals surface area (Å²) in [6.07, 6.45) is 0. The lowest BCUT2D eigenvalue weighted by molar-refractivity contribution is 0.0528. The molecule has 0 spiro atoms. The van der Waals surface area contributed by atoms with Gasteiger partial charge < -0.3 is 4.74 Å².